The van der Waals surface area contributed by atoms with E-state index in [1.54, 1.807) is 12.1 Å². The van der Waals surface area contributed by atoms with Gasteiger partial charge in [0.1, 0.15) is 18.8 Å². The smallest absolute Gasteiger partial charge is 0.319 e. The van der Waals surface area contributed by atoms with Gasteiger partial charge in [-0.25, -0.2) is 4.79 Å². The number of ether oxygens (including phenoxy) is 5. The Bertz CT molecular complexity index is 1180. The minimum Gasteiger partial charge on any atom is -0.463 e. The van der Waals surface area contributed by atoms with Gasteiger partial charge in [-0.2, -0.15) is 0 Å². The Morgan fingerprint density at radius 2 is 1.41 bits per heavy atom. The Labute approximate surface area is 212 Å². The van der Waals surface area contributed by atoms with E-state index in [9.17, 15) is 24.0 Å². The number of esters is 4. The minimum absolute atomic E-state index is 0.405. The maximum atomic E-state index is 13.1. The zero-order chi connectivity index (χ0) is 27.1. The highest BCUT2D eigenvalue weighted by Gasteiger charge is 2.52. The summed E-state index contributed by atoms with van der Waals surface area (Å²) in [7, 11) is 0. The summed E-state index contributed by atoms with van der Waals surface area (Å²) in [6.07, 6.45) is -5.33. The molecule has 2 amide bonds. The van der Waals surface area contributed by atoms with Crippen LogP contribution in [0.15, 0.2) is 42.5 Å². The molecule has 1 aliphatic heterocycles. The lowest BCUT2D eigenvalue weighted by Crippen LogP contribution is -2.67. The van der Waals surface area contributed by atoms with Gasteiger partial charge < -0.3 is 34.3 Å². The number of fused-ring (bicyclic) bond motifs is 1. The highest BCUT2D eigenvalue weighted by molar-refractivity contribution is 6.01. The van der Waals surface area contributed by atoms with Gasteiger partial charge in [0.15, 0.2) is 12.2 Å². The Balaban J connectivity index is 1.93. The van der Waals surface area contributed by atoms with Crippen molar-refractivity contribution in [2.24, 2.45) is 0 Å². The lowest BCUT2D eigenvalue weighted by Gasteiger charge is -2.44. The summed E-state index contributed by atoms with van der Waals surface area (Å²) >= 11 is 0. The van der Waals surface area contributed by atoms with Crippen molar-refractivity contribution in [3.63, 3.8) is 0 Å². The first kappa shape index (κ1) is 27.4. The first-order valence-electron chi connectivity index (χ1n) is 11.4. The molecule has 0 aliphatic carbocycles. The lowest BCUT2D eigenvalue weighted by molar-refractivity contribution is -0.270. The van der Waals surface area contributed by atoms with Gasteiger partial charge in [-0.1, -0.05) is 36.4 Å². The van der Waals surface area contributed by atoms with Crippen LogP contribution in [-0.4, -0.2) is 67.2 Å². The van der Waals surface area contributed by atoms with E-state index in [0.29, 0.717) is 5.69 Å². The fourth-order valence-electron chi connectivity index (χ4n) is 3.96. The fraction of sp³-hybridized carbons (Fsp3) is 0.400. The molecule has 2 aromatic carbocycles. The van der Waals surface area contributed by atoms with Gasteiger partial charge >= 0.3 is 29.9 Å². The van der Waals surface area contributed by atoms with Crippen LogP contribution in [0.1, 0.15) is 27.7 Å². The predicted molar refractivity (Wildman–Crippen MR) is 128 cm³/mol. The van der Waals surface area contributed by atoms with Crippen LogP contribution in [-0.2, 0) is 42.9 Å². The van der Waals surface area contributed by atoms with Crippen LogP contribution in [0.2, 0.25) is 0 Å². The first-order valence-corrected chi connectivity index (χ1v) is 11.4. The monoisotopic (exact) mass is 516 g/mol. The summed E-state index contributed by atoms with van der Waals surface area (Å²) in [5.41, 5.74) is 0.490. The van der Waals surface area contributed by atoms with Crippen molar-refractivity contribution in [2.75, 3.05) is 11.9 Å². The van der Waals surface area contributed by atoms with Gasteiger partial charge in [0, 0.05) is 33.1 Å². The Kier molecular flexibility index (Phi) is 9.01. The van der Waals surface area contributed by atoms with E-state index < -0.39 is 67.2 Å². The Morgan fingerprint density at radius 1 is 0.784 bits per heavy atom. The van der Waals surface area contributed by atoms with Gasteiger partial charge in [-0.15, -0.1) is 0 Å². The maximum Gasteiger partial charge on any atom is 0.319 e. The second-order valence-electron chi connectivity index (χ2n) is 8.25. The van der Waals surface area contributed by atoms with Crippen molar-refractivity contribution in [1.82, 2.24) is 5.32 Å². The molecule has 1 aliphatic rings. The molecular weight excluding hydrogens is 488 g/mol. The number of hydrogen-bond donors (Lipinski definition) is 2. The maximum absolute atomic E-state index is 13.1. The van der Waals surface area contributed by atoms with Crippen LogP contribution in [0.5, 0.6) is 0 Å². The third-order valence-electron chi connectivity index (χ3n) is 5.32. The average molecular weight is 517 g/mol. The summed E-state index contributed by atoms with van der Waals surface area (Å²) in [6, 6.07) is 10.7. The van der Waals surface area contributed by atoms with Crippen molar-refractivity contribution in [1.29, 1.82) is 0 Å². The van der Waals surface area contributed by atoms with Gasteiger partial charge in [-0.3, -0.25) is 19.2 Å². The molecule has 2 aromatic rings. The zero-order valence-electron chi connectivity index (χ0n) is 20.7. The number of rotatable bonds is 7. The molecule has 12 nitrogen and oxygen atoms in total. The molecule has 0 saturated carbocycles. The van der Waals surface area contributed by atoms with E-state index in [2.05, 4.69) is 10.6 Å². The highest BCUT2D eigenvalue weighted by Crippen LogP contribution is 2.29. The van der Waals surface area contributed by atoms with Crippen molar-refractivity contribution >= 4 is 46.4 Å². The number of amides is 2. The summed E-state index contributed by atoms with van der Waals surface area (Å²) in [5, 5.41) is 6.99. The number of carbonyl (C=O) groups is 5. The molecule has 0 spiro atoms. The number of nitrogens with one attached hydrogen (secondary N) is 2. The van der Waals surface area contributed by atoms with E-state index in [1.165, 1.54) is 6.92 Å². The van der Waals surface area contributed by atoms with Gasteiger partial charge in [0.2, 0.25) is 6.29 Å². The van der Waals surface area contributed by atoms with E-state index in [-0.39, 0.29) is 0 Å². The molecule has 5 atom stereocenters. The molecule has 0 bridgehead atoms. The third kappa shape index (κ3) is 7.40. The normalized spacial score (nSPS) is 22.9. The standard InChI is InChI=1S/C25H28N2O10/c1-13(28)33-12-20-22(34-14(2)29)23(35-15(3)30)21(24(37-20)36-16(4)31)27-25(32)26-19-11-7-9-17-8-5-6-10-18(17)19/h5-11,20-24H,12H2,1-4H3,(H2,26,27,32)/t20-,21-,22-,23-,24+/m1/s1. The minimum atomic E-state index is -1.48. The zero-order valence-corrected chi connectivity index (χ0v) is 20.7. The first-order chi connectivity index (χ1) is 17.5. The van der Waals surface area contributed by atoms with Crippen molar-refractivity contribution in [3.05, 3.63) is 42.5 Å². The van der Waals surface area contributed by atoms with Crippen LogP contribution in [0.25, 0.3) is 10.8 Å². The topological polar surface area (TPSA) is 156 Å². The summed E-state index contributed by atoms with van der Waals surface area (Å²) in [5.74, 6) is -2.92. The molecule has 2 N–H and O–H groups in total. The summed E-state index contributed by atoms with van der Waals surface area (Å²) < 4.78 is 26.8. The van der Waals surface area contributed by atoms with Crippen molar-refractivity contribution < 1.29 is 47.7 Å². The predicted octanol–water partition coefficient (Wildman–Crippen LogP) is 2.04. The van der Waals surface area contributed by atoms with Gasteiger partial charge in [-0.05, 0) is 11.5 Å². The number of anilines is 1. The molecule has 37 heavy (non-hydrogen) atoms. The van der Waals surface area contributed by atoms with Crippen LogP contribution < -0.4 is 10.6 Å². The third-order valence-corrected chi connectivity index (χ3v) is 5.32. The van der Waals surface area contributed by atoms with Crippen LogP contribution in [0, 0.1) is 0 Å². The molecule has 3 rings (SSSR count). The largest absolute Gasteiger partial charge is 0.463 e. The van der Waals surface area contributed by atoms with Crippen LogP contribution >= 0.6 is 0 Å². The molecule has 12 heteroatoms. The van der Waals surface area contributed by atoms with Gasteiger partial charge in [0.25, 0.3) is 0 Å². The van der Waals surface area contributed by atoms with Crippen LogP contribution in [0.4, 0.5) is 10.5 Å². The van der Waals surface area contributed by atoms with Crippen LogP contribution in [0.3, 0.4) is 0 Å². The van der Waals surface area contributed by atoms with E-state index >= 15 is 0 Å². The molecule has 1 fully saturated rings. The second-order valence-corrected chi connectivity index (χ2v) is 8.25. The molecule has 0 radical (unpaired) electrons. The number of urea groups is 1. The number of hydrogen-bond acceptors (Lipinski definition) is 10. The van der Waals surface area contributed by atoms with Crippen molar-refractivity contribution in [2.45, 2.75) is 58.3 Å². The summed E-state index contributed by atoms with van der Waals surface area (Å²) in [6.45, 7) is 4.13. The van der Waals surface area contributed by atoms with E-state index in [0.717, 1.165) is 31.5 Å². The Morgan fingerprint density at radius 3 is 2.05 bits per heavy atom. The molecular formula is C25H28N2O10. The lowest BCUT2D eigenvalue weighted by atomic mass is 9.96. The number of benzene rings is 2. The van der Waals surface area contributed by atoms with Gasteiger partial charge in [0.05, 0.1) is 5.69 Å². The highest BCUT2D eigenvalue weighted by atomic mass is 16.7. The fourth-order valence-corrected chi connectivity index (χ4v) is 3.96. The SMILES string of the molecule is CC(=O)OC[C@H]1O[C@H](OC(C)=O)[C@H](NC(=O)Nc2cccc3ccccc23)[C@@H](OC(C)=O)[C@@H]1OC(C)=O. The molecule has 0 aromatic heterocycles. The molecule has 1 saturated heterocycles. The molecule has 1 heterocycles. The Hall–Kier alpha value is -4.19. The van der Waals surface area contributed by atoms with Crippen molar-refractivity contribution in [3.8, 4) is 0 Å². The summed E-state index contributed by atoms with van der Waals surface area (Å²) in [4.78, 5) is 60.2. The molecule has 0 unspecified atom stereocenters. The second kappa shape index (κ2) is 12.2. The molecule has 198 valence electrons. The number of carbonyl (C=O) groups excluding carboxylic acids is 5. The average Bonchev–Trinajstić information content (AvgIpc) is 2.81. The van der Waals surface area contributed by atoms with E-state index in [1.807, 2.05) is 30.3 Å². The quantitative estimate of drug-likeness (QED) is 0.412. The van der Waals surface area contributed by atoms with E-state index in [4.69, 9.17) is 23.7 Å².